The van der Waals surface area contributed by atoms with Crippen LogP contribution < -0.4 is 10.1 Å². The maximum absolute atomic E-state index is 11.7. The molecule has 0 saturated carbocycles. The number of nitrogens with zero attached hydrogens (tertiary/aromatic N) is 1. The number of carbonyl (C=O) groups is 1. The third kappa shape index (κ3) is 4.63. The Morgan fingerprint density at radius 1 is 1.23 bits per heavy atom. The molecule has 2 aromatic carbocycles. The van der Waals surface area contributed by atoms with E-state index in [9.17, 15) is 4.79 Å². The van der Waals surface area contributed by atoms with Gasteiger partial charge in [0.1, 0.15) is 5.75 Å². The zero-order valence-corrected chi connectivity index (χ0v) is 12.6. The molecular weight excluding hydrogens is 280 g/mol. The fraction of sp³-hybridized carbons (Fsp3) is 0.176. The summed E-state index contributed by atoms with van der Waals surface area (Å²) in [6, 6.07) is 14.9. The summed E-state index contributed by atoms with van der Waals surface area (Å²) < 4.78 is 5.09. The maximum Gasteiger partial charge on any atom is 0.265 e. The van der Waals surface area contributed by atoms with E-state index in [1.54, 1.807) is 37.6 Å². The Bertz CT molecular complexity index is 668. The highest BCUT2D eigenvalue weighted by atomic mass is 16.6. The minimum absolute atomic E-state index is 0.153. The van der Waals surface area contributed by atoms with Gasteiger partial charge in [0.15, 0.2) is 6.61 Å². The van der Waals surface area contributed by atoms with Crippen molar-refractivity contribution in [2.45, 2.75) is 6.92 Å². The lowest BCUT2D eigenvalue weighted by Gasteiger charge is -2.06. The van der Waals surface area contributed by atoms with Gasteiger partial charge in [-0.1, -0.05) is 35.5 Å². The van der Waals surface area contributed by atoms with Crippen LogP contribution in [0.1, 0.15) is 11.1 Å². The summed E-state index contributed by atoms with van der Waals surface area (Å²) in [6.07, 6.45) is 1.59. The first-order valence-corrected chi connectivity index (χ1v) is 6.84. The van der Waals surface area contributed by atoms with E-state index in [-0.39, 0.29) is 12.5 Å². The Labute approximate surface area is 129 Å². The number of benzene rings is 2. The van der Waals surface area contributed by atoms with E-state index < -0.39 is 0 Å². The summed E-state index contributed by atoms with van der Waals surface area (Å²) in [5.74, 6) is 0.395. The van der Waals surface area contributed by atoms with Gasteiger partial charge in [0, 0.05) is 11.8 Å². The molecule has 0 aliphatic carbocycles. The monoisotopic (exact) mass is 298 g/mol. The van der Waals surface area contributed by atoms with Crippen molar-refractivity contribution in [3.63, 3.8) is 0 Å². The van der Waals surface area contributed by atoms with E-state index >= 15 is 0 Å². The average Bonchev–Trinajstić information content (AvgIpc) is 2.53. The van der Waals surface area contributed by atoms with Gasteiger partial charge in [-0.3, -0.25) is 4.79 Å². The summed E-state index contributed by atoms with van der Waals surface area (Å²) in [6.45, 7) is 1.83. The van der Waals surface area contributed by atoms with Crippen molar-refractivity contribution < 1.29 is 14.4 Å². The lowest BCUT2D eigenvalue weighted by atomic mass is 10.1. The Morgan fingerprint density at radius 2 is 2.05 bits per heavy atom. The quantitative estimate of drug-likeness (QED) is 0.659. The van der Waals surface area contributed by atoms with Crippen LogP contribution in [0.3, 0.4) is 0 Å². The second-order valence-corrected chi connectivity index (χ2v) is 4.64. The molecule has 22 heavy (non-hydrogen) atoms. The number of carbonyl (C=O) groups excluding carboxylic acids is 1. The van der Waals surface area contributed by atoms with Crippen LogP contribution in [0.5, 0.6) is 5.75 Å². The van der Waals surface area contributed by atoms with E-state index in [4.69, 9.17) is 9.57 Å². The van der Waals surface area contributed by atoms with E-state index in [0.29, 0.717) is 11.4 Å². The zero-order chi connectivity index (χ0) is 15.8. The van der Waals surface area contributed by atoms with Crippen LogP contribution in [0.2, 0.25) is 0 Å². The Hall–Kier alpha value is -2.82. The molecule has 0 bridgehead atoms. The predicted molar refractivity (Wildman–Crippen MR) is 86.3 cm³/mol. The standard InChI is InChI=1S/C17H18N2O3/c1-13-6-3-4-7-14(13)11-18-22-12-17(20)19-15-8-5-9-16(10-15)21-2/h3-11H,12H2,1-2H3,(H,19,20)/b18-11-. The highest BCUT2D eigenvalue weighted by Crippen LogP contribution is 2.16. The normalized spacial score (nSPS) is 10.5. The number of oxime groups is 1. The molecule has 0 heterocycles. The molecule has 0 saturated heterocycles. The summed E-state index contributed by atoms with van der Waals surface area (Å²) in [5, 5.41) is 6.52. The van der Waals surface area contributed by atoms with Gasteiger partial charge in [0.25, 0.3) is 5.91 Å². The molecule has 0 unspecified atom stereocenters. The Kier molecular flexibility index (Phi) is 5.54. The van der Waals surface area contributed by atoms with Crippen LogP contribution in [-0.4, -0.2) is 25.8 Å². The smallest absolute Gasteiger partial charge is 0.265 e. The molecule has 0 aromatic heterocycles. The first kappa shape index (κ1) is 15.6. The second-order valence-electron chi connectivity index (χ2n) is 4.64. The van der Waals surface area contributed by atoms with Crippen molar-refractivity contribution in [3.05, 3.63) is 59.7 Å². The number of hydrogen-bond donors (Lipinski definition) is 1. The molecule has 2 rings (SSSR count). The molecular formula is C17H18N2O3. The lowest BCUT2D eigenvalue weighted by Crippen LogP contribution is -2.16. The van der Waals surface area contributed by atoms with E-state index in [2.05, 4.69) is 10.5 Å². The molecule has 114 valence electrons. The minimum Gasteiger partial charge on any atom is -0.497 e. The van der Waals surface area contributed by atoms with Crippen LogP contribution in [0.25, 0.3) is 0 Å². The number of anilines is 1. The molecule has 5 nitrogen and oxygen atoms in total. The first-order chi connectivity index (χ1) is 10.7. The highest BCUT2D eigenvalue weighted by Gasteiger charge is 2.03. The van der Waals surface area contributed by atoms with Crippen molar-refractivity contribution in [1.29, 1.82) is 0 Å². The van der Waals surface area contributed by atoms with Crippen molar-refractivity contribution >= 4 is 17.8 Å². The van der Waals surface area contributed by atoms with Gasteiger partial charge in [0.05, 0.1) is 13.3 Å². The van der Waals surface area contributed by atoms with Crippen LogP contribution in [0.4, 0.5) is 5.69 Å². The molecule has 0 fully saturated rings. The third-order valence-electron chi connectivity index (χ3n) is 3.00. The summed E-state index contributed by atoms with van der Waals surface area (Å²) in [7, 11) is 1.57. The van der Waals surface area contributed by atoms with Crippen molar-refractivity contribution in [1.82, 2.24) is 0 Å². The predicted octanol–water partition coefficient (Wildman–Crippen LogP) is 2.99. The molecule has 0 spiro atoms. The topological polar surface area (TPSA) is 59.9 Å². The fourth-order valence-corrected chi connectivity index (χ4v) is 1.82. The van der Waals surface area contributed by atoms with E-state index in [1.165, 1.54) is 0 Å². The van der Waals surface area contributed by atoms with Gasteiger partial charge in [0.2, 0.25) is 0 Å². The fourth-order valence-electron chi connectivity index (χ4n) is 1.82. The second kappa shape index (κ2) is 7.83. The third-order valence-corrected chi connectivity index (χ3v) is 3.00. The van der Waals surface area contributed by atoms with Crippen LogP contribution in [-0.2, 0) is 9.63 Å². The summed E-state index contributed by atoms with van der Waals surface area (Å²) in [4.78, 5) is 16.7. The van der Waals surface area contributed by atoms with Gasteiger partial charge in [-0.05, 0) is 30.2 Å². The molecule has 2 aromatic rings. The molecule has 1 N–H and O–H groups in total. The SMILES string of the molecule is COc1cccc(NC(=O)CO/N=C\c2ccccc2C)c1. The molecule has 0 aliphatic heterocycles. The van der Waals surface area contributed by atoms with Crippen LogP contribution in [0.15, 0.2) is 53.7 Å². The highest BCUT2D eigenvalue weighted by molar-refractivity contribution is 5.92. The average molecular weight is 298 g/mol. The number of amides is 1. The van der Waals surface area contributed by atoms with Gasteiger partial charge in [-0.2, -0.15) is 0 Å². The number of ether oxygens (including phenoxy) is 1. The number of nitrogens with one attached hydrogen (secondary N) is 1. The Balaban J connectivity index is 1.81. The molecule has 0 atom stereocenters. The summed E-state index contributed by atoms with van der Waals surface area (Å²) in [5.41, 5.74) is 2.70. The number of aryl methyl sites for hydroxylation is 1. The van der Waals surface area contributed by atoms with Gasteiger partial charge in [-0.15, -0.1) is 0 Å². The van der Waals surface area contributed by atoms with Crippen molar-refractivity contribution in [2.24, 2.45) is 5.16 Å². The lowest BCUT2D eigenvalue weighted by molar-refractivity contribution is -0.120. The molecule has 5 heteroatoms. The van der Waals surface area contributed by atoms with E-state index in [0.717, 1.165) is 11.1 Å². The zero-order valence-electron chi connectivity index (χ0n) is 12.6. The number of methoxy groups -OCH3 is 1. The number of hydrogen-bond acceptors (Lipinski definition) is 4. The van der Waals surface area contributed by atoms with Crippen molar-refractivity contribution in [3.8, 4) is 5.75 Å². The molecule has 1 amide bonds. The van der Waals surface area contributed by atoms with Gasteiger partial charge >= 0.3 is 0 Å². The first-order valence-electron chi connectivity index (χ1n) is 6.84. The maximum atomic E-state index is 11.7. The summed E-state index contributed by atoms with van der Waals surface area (Å²) >= 11 is 0. The van der Waals surface area contributed by atoms with Gasteiger partial charge < -0.3 is 14.9 Å². The Morgan fingerprint density at radius 3 is 2.82 bits per heavy atom. The van der Waals surface area contributed by atoms with Gasteiger partial charge in [-0.25, -0.2) is 0 Å². The van der Waals surface area contributed by atoms with Crippen LogP contribution >= 0.6 is 0 Å². The van der Waals surface area contributed by atoms with Crippen LogP contribution in [0, 0.1) is 6.92 Å². The van der Waals surface area contributed by atoms with E-state index in [1.807, 2.05) is 31.2 Å². The van der Waals surface area contributed by atoms with Crippen molar-refractivity contribution in [2.75, 3.05) is 19.0 Å². The largest absolute Gasteiger partial charge is 0.497 e. The molecule has 0 aliphatic rings. The minimum atomic E-state index is -0.282. The molecule has 0 radical (unpaired) electrons. The number of rotatable bonds is 6.